The minimum absolute atomic E-state index is 0.695. The molecule has 0 atom stereocenters. The Balaban J connectivity index is 2.01. The second-order valence-corrected chi connectivity index (χ2v) is 5.44. The highest BCUT2D eigenvalue weighted by Gasteiger charge is 2.20. The van der Waals surface area contributed by atoms with E-state index in [1.165, 1.54) is 25.9 Å². The number of nitrogen functional groups attached to an aromatic ring is 1. The second kappa shape index (κ2) is 6.16. The van der Waals surface area contributed by atoms with E-state index >= 15 is 0 Å². The van der Waals surface area contributed by atoms with Gasteiger partial charge >= 0.3 is 0 Å². The Bertz CT molecular complexity index is 414. The molecular weight excluding hydrogens is 240 g/mol. The standard InChI is InChI=1S/C13H24N6/c1-10-12(17-14)15-9-16-13(10)19(3)8-11-4-6-18(2)7-5-11/h9,11H,4-8,14H2,1-3H3,(H,15,16,17). The summed E-state index contributed by atoms with van der Waals surface area (Å²) in [5, 5.41) is 0. The number of nitrogens with two attached hydrogens (primary N) is 1. The van der Waals surface area contributed by atoms with Crippen LogP contribution in [0.15, 0.2) is 6.33 Å². The number of piperidine rings is 1. The minimum atomic E-state index is 0.695. The predicted molar refractivity (Wildman–Crippen MR) is 78.1 cm³/mol. The number of rotatable bonds is 4. The first-order chi connectivity index (χ1) is 9.11. The summed E-state index contributed by atoms with van der Waals surface area (Å²) in [5.41, 5.74) is 3.62. The molecule has 0 saturated carbocycles. The van der Waals surface area contributed by atoms with Crippen LogP contribution in [0.2, 0.25) is 0 Å². The Morgan fingerprint density at radius 3 is 2.74 bits per heavy atom. The third-order valence-corrected chi connectivity index (χ3v) is 3.93. The molecule has 2 rings (SSSR count). The highest BCUT2D eigenvalue weighted by molar-refractivity contribution is 5.56. The van der Waals surface area contributed by atoms with Crippen LogP contribution in [-0.4, -0.2) is 48.6 Å². The first-order valence-corrected chi connectivity index (χ1v) is 6.79. The maximum Gasteiger partial charge on any atom is 0.148 e. The third kappa shape index (κ3) is 3.33. The van der Waals surface area contributed by atoms with Gasteiger partial charge in [0.2, 0.25) is 0 Å². The molecule has 0 amide bonds. The largest absolute Gasteiger partial charge is 0.359 e. The van der Waals surface area contributed by atoms with Crippen LogP contribution in [0.3, 0.4) is 0 Å². The maximum atomic E-state index is 5.45. The van der Waals surface area contributed by atoms with Crippen molar-refractivity contribution in [2.75, 3.05) is 44.1 Å². The van der Waals surface area contributed by atoms with E-state index in [-0.39, 0.29) is 0 Å². The van der Waals surface area contributed by atoms with Gasteiger partial charge in [0, 0.05) is 19.2 Å². The Kier molecular flexibility index (Phi) is 4.55. The molecule has 1 aliphatic rings. The van der Waals surface area contributed by atoms with Crippen molar-refractivity contribution in [3.63, 3.8) is 0 Å². The van der Waals surface area contributed by atoms with Crippen LogP contribution in [0.25, 0.3) is 0 Å². The van der Waals surface area contributed by atoms with Crippen molar-refractivity contribution in [1.82, 2.24) is 14.9 Å². The average Bonchev–Trinajstić information content (AvgIpc) is 2.41. The predicted octanol–water partition coefficient (Wildman–Crippen LogP) is 0.849. The molecule has 19 heavy (non-hydrogen) atoms. The van der Waals surface area contributed by atoms with Crippen LogP contribution < -0.4 is 16.2 Å². The molecule has 2 heterocycles. The van der Waals surface area contributed by atoms with Gasteiger partial charge in [-0.05, 0) is 45.8 Å². The Morgan fingerprint density at radius 2 is 2.11 bits per heavy atom. The number of likely N-dealkylation sites (tertiary alicyclic amines) is 1. The van der Waals surface area contributed by atoms with E-state index in [4.69, 9.17) is 5.84 Å². The molecule has 1 fully saturated rings. The van der Waals surface area contributed by atoms with Crippen LogP contribution in [0.1, 0.15) is 18.4 Å². The maximum absolute atomic E-state index is 5.45. The number of hydrogen-bond donors (Lipinski definition) is 2. The van der Waals surface area contributed by atoms with Gasteiger partial charge in [-0.1, -0.05) is 0 Å². The number of hydrazine groups is 1. The summed E-state index contributed by atoms with van der Waals surface area (Å²) in [7, 11) is 4.28. The SMILES string of the molecule is Cc1c(NN)ncnc1N(C)CC1CCN(C)CC1. The first kappa shape index (κ1) is 14.0. The molecule has 0 unspecified atom stereocenters. The molecular formula is C13H24N6. The van der Waals surface area contributed by atoms with Gasteiger partial charge in [-0.25, -0.2) is 15.8 Å². The summed E-state index contributed by atoms with van der Waals surface area (Å²) in [6.45, 7) is 5.42. The lowest BCUT2D eigenvalue weighted by atomic mass is 9.96. The topological polar surface area (TPSA) is 70.3 Å². The molecule has 0 radical (unpaired) electrons. The molecule has 1 aromatic heterocycles. The van der Waals surface area contributed by atoms with Gasteiger partial charge in [0.15, 0.2) is 0 Å². The van der Waals surface area contributed by atoms with Gasteiger partial charge in [0.1, 0.15) is 18.0 Å². The molecule has 1 saturated heterocycles. The van der Waals surface area contributed by atoms with Gasteiger partial charge in [0.25, 0.3) is 0 Å². The van der Waals surface area contributed by atoms with Crippen molar-refractivity contribution in [2.24, 2.45) is 11.8 Å². The normalized spacial score (nSPS) is 17.5. The Morgan fingerprint density at radius 1 is 1.42 bits per heavy atom. The minimum Gasteiger partial charge on any atom is -0.359 e. The summed E-state index contributed by atoms with van der Waals surface area (Å²) < 4.78 is 0. The number of nitrogens with zero attached hydrogens (tertiary/aromatic N) is 4. The van der Waals surface area contributed by atoms with Crippen molar-refractivity contribution < 1.29 is 0 Å². The van der Waals surface area contributed by atoms with E-state index in [0.29, 0.717) is 5.82 Å². The number of aromatic nitrogens is 2. The molecule has 0 aliphatic carbocycles. The van der Waals surface area contributed by atoms with Crippen molar-refractivity contribution in [3.8, 4) is 0 Å². The molecule has 6 heteroatoms. The van der Waals surface area contributed by atoms with E-state index in [0.717, 1.165) is 23.8 Å². The molecule has 0 spiro atoms. The number of anilines is 2. The van der Waals surface area contributed by atoms with E-state index in [2.05, 4.69) is 39.3 Å². The lowest BCUT2D eigenvalue weighted by molar-refractivity contribution is 0.222. The second-order valence-electron chi connectivity index (χ2n) is 5.44. The average molecular weight is 264 g/mol. The molecule has 6 nitrogen and oxygen atoms in total. The quantitative estimate of drug-likeness (QED) is 0.620. The third-order valence-electron chi connectivity index (χ3n) is 3.93. The van der Waals surface area contributed by atoms with E-state index < -0.39 is 0 Å². The van der Waals surface area contributed by atoms with Gasteiger partial charge in [-0.15, -0.1) is 0 Å². The molecule has 0 bridgehead atoms. The fourth-order valence-corrected chi connectivity index (χ4v) is 2.69. The summed E-state index contributed by atoms with van der Waals surface area (Å²) in [5.74, 6) is 7.85. The number of nitrogens with one attached hydrogen (secondary N) is 1. The highest BCUT2D eigenvalue weighted by Crippen LogP contribution is 2.23. The van der Waals surface area contributed by atoms with Gasteiger partial charge in [-0.3, -0.25) is 0 Å². The van der Waals surface area contributed by atoms with Crippen molar-refractivity contribution in [1.29, 1.82) is 0 Å². The van der Waals surface area contributed by atoms with Crippen LogP contribution >= 0.6 is 0 Å². The summed E-state index contributed by atoms with van der Waals surface area (Å²) in [6.07, 6.45) is 4.07. The fraction of sp³-hybridized carbons (Fsp3) is 0.692. The summed E-state index contributed by atoms with van der Waals surface area (Å²) in [6, 6.07) is 0. The zero-order valence-corrected chi connectivity index (χ0v) is 12.1. The van der Waals surface area contributed by atoms with Crippen molar-refractivity contribution in [2.45, 2.75) is 19.8 Å². The molecule has 0 aromatic carbocycles. The van der Waals surface area contributed by atoms with Crippen LogP contribution in [0, 0.1) is 12.8 Å². The molecule has 1 aliphatic heterocycles. The van der Waals surface area contributed by atoms with E-state index in [1.54, 1.807) is 6.33 Å². The van der Waals surface area contributed by atoms with Crippen LogP contribution in [0.4, 0.5) is 11.6 Å². The molecule has 1 aromatic rings. The molecule has 106 valence electrons. The number of hydrogen-bond acceptors (Lipinski definition) is 6. The van der Waals surface area contributed by atoms with Gasteiger partial charge in [0.05, 0.1) is 0 Å². The zero-order valence-electron chi connectivity index (χ0n) is 12.1. The van der Waals surface area contributed by atoms with Crippen molar-refractivity contribution in [3.05, 3.63) is 11.9 Å². The smallest absolute Gasteiger partial charge is 0.148 e. The highest BCUT2D eigenvalue weighted by atomic mass is 15.3. The van der Waals surface area contributed by atoms with Gasteiger partial charge in [-0.2, -0.15) is 0 Å². The molecule has 3 N–H and O–H groups in total. The van der Waals surface area contributed by atoms with E-state index in [9.17, 15) is 0 Å². The lowest BCUT2D eigenvalue weighted by Crippen LogP contribution is -2.36. The van der Waals surface area contributed by atoms with Crippen LogP contribution in [-0.2, 0) is 0 Å². The lowest BCUT2D eigenvalue weighted by Gasteiger charge is -2.32. The summed E-state index contributed by atoms with van der Waals surface area (Å²) >= 11 is 0. The van der Waals surface area contributed by atoms with Crippen LogP contribution in [0.5, 0.6) is 0 Å². The van der Waals surface area contributed by atoms with Crippen molar-refractivity contribution >= 4 is 11.6 Å². The zero-order chi connectivity index (χ0) is 13.8. The van der Waals surface area contributed by atoms with E-state index in [1.807, 2.05) is 6.92 Å². The van der Waals surface area contributed by atoms with Gasteiger partial charge < -0.3 is 15.2 Å². The fourth-order valence-electron chi connectivity index (χ4n) is 2.69. The Hall–Kier alpha value is -1.40. The Labute approximate surface area is 115 Å². The monoisotopic (exact) mass is 264 g/mol. The first-order valence-electron chi connectivity index (χ1n) is 6.79. The summed E-state index contributed by atoms with van der Waals surface area (Å²) in [4.78, 5) is 13.1.